The van der Waals surface area contributed by atoms with Crippen LogP contribution in [-0.2, 0) is 0 Å². The van der Waals surface area contributed by atoms with Crippen molar-refractivity contribution in [2.45, 2.75) is 19.3 Å². The first-order valence-corrected chi connectivity index (χ1v) is 3.81. The zero-order valence-corrected chi connectivity index (χ0v) is 6.06. The average molecular weight is 139 g/mol. The fourth-order valence-corrected chi connectivity index (χ4v) is 1.73. The Hall–Kier alpha value is -0.730. The lowest BCUT2D eigenvalue weighted by atomic mass is 10.1. The molecule has 0 bridgehead atoms. The summed E-state index contributed by atoms with van der Waals surface area (Å²) < 4.78 is 0. The van der Waals surface area contributed by atoms with E-state index in [1.165, 1.54) is 19.3 Å². The van der Waals surface area contributed by atoms with Crippen molar-refractivity contribution in [3.05, 3.63) is 0 Å². The molecule has 56 valence electrons. The van der Waals surface area contributed by atoms with Gasteiger partial charge < -0.3 is 10.6 Å². The minimum Gasteiger partial charge on any atom is -0.370 e. The topological polar surface area (TPSA) is 53.1 Å². The molecule has 1 saturated carbocycles. The van der Waals surface area contributed by atoms with E-state index in [1.807, 2.05) is 4.90 Å². The van der Waals surface area contributed by atoms with E-state index in [1.54, 1.807) is 0 Å². The molecule has 0 aromatic carbocycles. The molecule has 1 heterocycles. The average Bonchev–Trinajstić information content (AvgIpc) is 2.41. The monoisotopic (exact) mass is 139 g/mol. The number of hydrogen-bond acceptors (Lipinski definition) is 1. The molecule has 0 radical (unpaired) electrons. The van der Waals surface area contributed by atoms with Gasteiger partial charge >= 0.3 is 0 Å². The highest BCUT2D eigenvalue weighted by Crippen LogP contribution is 2.52. The van der Waals surface area contributed by atoms with Gasteiger partial charge in [-0.2, -0.15) is 0 Å². The smallest absolute Gasteiger partial charge is 0.188 e. The standard InChI is InChI=1S/C7H13N3/c8-6(9)10-4-3-7(5-10)1-2-7/h1-5H2,(H3,8,9). The molecule has 2 rings (SSSR count). The summed E-state index contributed by atoms with van der Waals surface area (Å²) in [4.78, 5) is 1.98. The summed E-state index contributed by atoms with van der Waals surface area (Å²) in [6.45, 7) is 2.05. The van der Waals surface area contributed by atoms with E-state index < -0.39 is 0 Å². The summed E-state index contributed by atoms with van der Waals surface area (Å²) in [6, 6.07) is 0. The highest BCUT2D eigenvalue weighted by Gasteiger charge is 2.47. The summed E-state index contributed by atoms with van der Waals surface area (Å²) in [5.74, 6) is 0.253. The molecule has 0 aromatic heterocycles. The normalized spacial score (nSPS) is 27.4. The van der Waals surface area contributed by atoms with E-state index in [9.17, 15) is 0 Å². The first-order chi connectivity index (χ1) is 4.72. The number of guanidine groups is 1. The Morgan fingerprint density at radius 1 is 1.40 bits per heavy atom. The lowest BCUT2D eigenvalue weighted by Crippen LogP contribution is -2.34. The quantitative estimate of drug-likeness (QED) is 0.376. The van der Waals surface area contributed by atoms with Crippen LogP contribution in [0.4, 0.5) is 0 Å². The van der Waals surface area contributed by atoms with Crippen LogP contribution in [0.25, 0.3) is 0 Å². The van der Waals surface area contributed by atoms with Gasteiger partial charge in [-0.25, -0.2) is 0 Å². The van der Waals surface area contributed by atoms with Crippen LogP contribution >= 0.6 is 0 Å². The van der Waals surface area contributed by atoms with Crippen molar-refractivity contribution in [3.63, 3.8) is 0 Å². The van der Waals surface area contributed by atoms with Crippen LogP contribution in [0.3, 0.4) is 0 Å². The van der Waals surface area contributed by atoms with E-state index in [-0.39, 0.29) is 5.96 Å². The molecule has 1 saturated heterocycles. The third-order valence-corrected chi connectivity index (χ3v) is 2.74. The summed E-state index contributed by atoms with van der Waals surface area (Å²) in [5, 5.41) is 7.20. The lowest BCUT2D eigenvalue weighted by Gasteiger charge is -2.14. The molecule has 1 aliphatic carbocycles. The Kier molecular flexibility index (Phi) is 0.993. The molecule has 0 aromatic rings. The Morgan fingerprint density at radius 3 is 2.40 bits per heavy atom. The molecular formula is C7H13N3. The summed E-state index contributed by atoms with van der Waals surface area (Å²) in [7, 11) is 0. The summed E-state index contributed by atoms with van der Waals surface area (Å²) >= 11 is 0. The predicted octanol–water partition coefficient (Wildman–Crippen LogP) is 0.366. The van der Waals surface area contributed by atoms with Gasteiger partial charge in [-0.1, -0.05) is 0 Å². The number of nitrogens with zero attached hydrogens (tertiary/aromatic N) is 1. The minimum absolute atomic E-state index is 0.253. The van der Waals surface area contributed by atoms with Crippen molar-refractivity contribution in [1.82, 2.24) is 4.90 Å². The van der Waals surface area contributed by atoms with E-state index in [0.29, 0.717) is 5.41 Å². The van der Waals surface area contributed by atoms with Gasteiger partial charge in [0.1, 0.15) is 0 Å². The first kappa shape index (κ1) is 6.01. The predicted molar refractivity (Wildman–Crippen MR) is 39.8 cm³/mol. The molecular weight excluding hydrogens is 126 g/mol. The van der Waals surface area contributed by atoms with E-state index in [4.69, 9.17) is 11.1 Å². The molecule has 3 N–H and O–H groups in total. The fraction of sp³-hybridized carbons (Fsp3) is 0.857. The largest absolute Gasteiger partial charge is 0.370 e. The number of hydrogen-bond donors (Lipinski definition) is 2. The second kappa shape index (κ2) is 1.65. The third-order valence-electron chi connectivity index (χ3n) is 2.74. The molecule has 2 fully saturated rings. The lowest BCUT2D eigenvalue weighted by molar-refractivity contribution is 0.463. The minimum atomic E-state index is 0.253. The maximum absolute atomic E-state index is 7.20. The van der Waals surface area contributed by atoms with Gasteiger partial charge in [-0.3, -0.25) is 5.41 Å². The Bertz CT molecular complexity index is 172. The number of likely N-dealkylation sites (tertiary alicyclic amines) is 1. The number of nitrogens with two attached hydrogens (primary N) is 1. The van der Waals surface area contributed by atoms with Crippen molar-refractivity contribution in [2.24, 2.45) is 11.1 Å². The third kappa shape index (κ3) is 0.770. The Balaban J connectivity index is 1.99. The molecule has 0 unspecified atom stereocenters. The van der Waals surface area contributed by atoms with E-state index >= 15 is 0 Å². The zero-order chi connectivity index (χ0) is 7.19. The Labute approximate surface area is 60.7 Å². The van der Waals surface area contributed by atoms with E-state index in [2.05, 4.69) is 0 Å². The van der Waals surface area contributed by atoms with Gasteiger partial charge in [0.25, 0.3) is 0 Å². The molecule has 10 heavy (non-hydrogen) atoms. The van der Waals surface area contributed by atoms with Gasteiger partial charge in [0.15, 0.2) is 5.96 Å². The Morgan fingerprint density at radius 2 is 2.10 bits per heavy atom. The zero-order valence-electron chi connectivity index (χ0n) is 6.06. The maximum Gasteiger partial charge on any atom is 0.188 e. The van der Waals surface area contributed by atoms with Crippen molar-refractivity contribution >= 4 is 5.96 Å². The van der Waals surface area contributed by atoms with E-state index in [0.717, 1.165) is 13.1 Å². The van der Waals surface area contributed by atoms with Crippen LogP contribution < -0.4 is 5.73 Å². The van der Waals surface area contributed by atoms with Gasteiger partial charge in [-0.05, 0) is 24.7 Å². The molecule has 1 spiro atoms. The van der Waals surface area contributed by atoms with Crippen LogP contribution in [0.1, 0.15) is 19.3 Å². The molecule has 0 amide bonds. The maximum atomic E-state index is 7.20. The van der Waals surface area contributed by atoms with Crippen LogP contribution in [0.2, 0.25) is 0 Å². The molecule has 1 aliphatic heterocycles. The highest BCUT2D eigenvalue weighted by molar-refractivity contribution is 5.75. The van der Waals surface area contributed by atoms with Crippen LogP contribution in [0, 0.1) is 10.8 Å². The van der Waals surface area contributed by atoms with Crippen molar-refractivity contribution in [2.75, 3.05) is 13.1 Å². The SMILES string of the molecule is N=C(N)N1CCC2(CC2)C1. The summed E-state index contributed by atoms with van der Waals surface area (Å²) in [6.07, 6.45) is 3.97. The van der Waals surface area contributed by atoms with Gasteiger partial charge in [0, 0.05) is 13.1 Å². The van der Waals surface area contributed by atoms with Crippen LogP contribution in [-0.4, -0.2) is 23.9 Å². The fourth-order valence-electron chi connectivity index (χ4n) is 1.73. The van der Waals surface area contributed by atoms with Crippen LogP contribution in [0.5, 0.6) is 0 Å². The highest BCUT2D eigenvalue weighted by atomic mass is 15.3. The molecule has 2 aliphatic rings. The molecule has 3 heteroatoms. The van der Waals surface area contributed by atoms with Crippen molar-refractivity contribution < 1.29 is 0 Å². The van der Waals surface area contributed by atoms with Gasteiger partial charge in [-0.15, -0.1) is 0 Å². The first-order valence-electron chi connectivity index (χ1n) is 3.81. The van der Waals surface area contributed by atoms with Crippen molar-refractivity contribution in [1.29, 1.82) is 5.41 Å². The second-order valence-corrected chi connectivity index (χ2v) is 3.56. The molecule has 3 nitrogen and oxygen atoms in total. The van der Waals surface area contributed by atoms with Gasteiger partial charge in [0.05, 0.1) is 0 Å². The second-order valence-electron chi connectivity index (χ2n) is 3.56. The van der Waals surface area contributed by atoms with Crippen molar-refractivity contribution in [3.8, 4) is 0 Å². The van der Waals surface area contributed by atoms with Crippen LogP contribution in [0.15, 0.2) is 0 Å². The number of nitrogens with one attached hydrogen (secondary N) is 1. The van der Waals surface area contributed by atoms with Gasteiger partial charge in [0.2, 0.25) is 0 Å². The summed E-state index contributed by atoms with van der Waals surface area (Å²) in [5.41, 5.74) is 5.96. The molecule has 0 atom stereocenters. The number of rotatable bonds is 0.